The Balaban J connectivity index is 1.47. The highest BCUT2D eigenvalue weighted by Gasteiger charge is 2.62. The van der Waals surface area contributed by atoms with Crippen LogP contribution in [0, 0.1) is 29.6 Å². The lowest BCUT2D eigenvalue weighted by Crippen LogP contribution is -2.48. The van der Waals surface area contributed by atoms with Crippen LogP contribution in [0.4, 0.5) is 0 Å². The minimum Gasteiger partial charge on any atom is -0.481 e. The van der Waals surface area contributed by atoms with Crippen molar-refractivity contribution in [3.8, 4) is 0 Å². The number of carbonyl (C=O) groups excluding carboxylic acids is 1. The molecule has 0 aliphatic heterocycles. The van der Waals surface area contributed by atoms with Crippen LogP contribution in [0.15, 0.2) is 30.3 Å². The van der Waals surface area contributed by atoms with Crippen LogP contribution in [0.3, 0.4) is 0 Å². The van der Waals surface area contributed by atoms with E-state index in [1.54, 1.807) is 0 Å². The second-order valence-electron chi connectivity index (χ2n) is 7.89. The van der Waals surface area contributed by atoms with E-state index in [-0.39, 0.29) is 18.4 Å². The van der Waals surface area contributed by atoms with Gasteiger partial charge >= 0.3 is 5.97 Å². The van der Waals surface area contributed by atoms with Crippen LogP contribution in [0.2, 0.25) is 0 Å². The molecule has 2 N–H and O–H groups in total. The first-order chi connectivity index (χ1) is 11.6. The number of nitrogens with one attached hydrogen (secondary N) is 1. The third-order valence-corrected chi connectivity index (χ3v) is 6.94. The van der Waals surface area contributed by atoms with Crippen molar-refractivity contribution >= 4 is 11.9 Å². The first kappa shape index (κ1) is 15.7. The van der Waals surface area contributed by atoms with Crippen molar-refractivity contribution in [2.75, 3.05) is 6.54 Å². The largest absolute Gasteiger partial charge is 0.481 e. The Labute approximate surface area is 142 Å². The van der Waals surface area contributed by atoms with E-state index in [1.165, 1.54) is 12.8 Å². The molecule has 3 fully saturated rings. The third kappa shape index (κ3) is 2.27. The fourth-order valence-corrected chi connectivity index (χ4v) is 5.41. The lowest BCUT2D eigenvalue weighted by molar-refractivity contribution is -0.144. The summed E-state index contributed by atoms with van der Waals surface area (Å²) in [5.74, 6) is 2.30. The predicted octanol–water partition coefficient (Wildman–Crippen LogP) is 2.83. The number of amides is 1. The van der Waals surface area contributed by atoms with Gasteiger partial charge in [-0.15, -0.1) is 0 Å². The average molecular weight is 327 g/mol. The molecule has 6 atom stereocenters. The van der Waals surface area contributed by atoms with Crippen molar-refractivity contribution in [3.05, 3.63) is 35.9 Å². The van der Waals surface area contributed by atoms with Gasteiger partial charge in [0, 0.05) is 12.5 Å². The summed E-state index contributed by atoms with van der Waals surface area (Å²) in [5.41, 5.74) is -0.285. The van der Waals surface area contributed by atoms with E-state index in [0.717, 1.165) is 29.7 Å². The number of fused-ring (bicyclic) bond motifs is 5. The van der Waals surface area contributed by atoms with Gasteiger partial charge in [-0.25, -0.2) is 0 Å². The summed E-state index contributed by atoms with van der Waals surface area (Å²) in [6.45, 7) is 2.04. The van der Waals surface area contributed by atoms with Gasteiger partial charge in [0.25, 0.3) is 0 Å². The van der Waals surface area contributed by atoms with Gasteiger partial charge in [-0.3, -0.25) is 9.59 Å². The predicted molar refractivity (Wildman–Crippen MR) is 90.4 cm³/mol. The first-order valence-electron chi connectivity index (χ1n) is 9.13. The molecule has 3 aliphatic carbocycles. The van der Waals surface area contributed by atoms with Gasteiger partial charge in [-0.2, -0.15) is 0 Å². The van der Waals surface area contributed by atoms with E-state index < -0.39 is 11.4 Å². The Morgan fingerprint density at radius 1 is 1.12 bits per heavy atom. The minimum absolute atomic E-state index is 0.0721. The molecule has 0 saturated heterocycles. The second-order valence-corrected chi connectivity index (χ2v) is 7.89. The summed E-state index contributed by atoms with van der Waals surface area (Å²) in [4.78, 5) is 24.7. The first-order valence-corrected chi connectivity index (χ1v) is 9.13. The molecule has 128 valence electrons. The zero-order chi connectivity index (χ0) is 16.9. The zero-order valence-electron chi connectivity index (χ0n) is 14.1. The summed E-state index contributed by atoms with van der Waals surface area (Å²) >= 11 is 0. The van der Waals surface area contributed by atoms with Crippen LogP contribution in [0.25, 0.3) is 0 Å². The van der Waals surface area contributed by atoms with Gasteiger partial charge in [-0.1, -0.05) is 37.3 Å². The highest BCUT2D eigenvalue weighted by atomic mass is 16.4. The number of benzene rings is 1. The fourth-order valence-electron chi connectivity index (χ4n) is 5.41. The Kier molecular flexibility index (Phi) is 3.66. The summed E-state index contributed by atoms with van der Waals surface area (Å²) in [5, 5.41) is 12.9. The molecule has 2 bridgehead atoms. The number of carboxylic acid groups (broad SMARTS) is 1. The lowest BCUT2D eigenvalue weighted by atomic mass is 9.77. The second kappa shape index (κ2) is 5.61. The molecule has 6 unspecified atom stereocenters. The zero-order valence-corrected chi connectivity index (χ0v) is 14.1. The van der Waals surface area contributed by atoms with Gasteiger partial charge in [0.05, 0.1) is 0 Å². The average Bonchev–Trinajstić information content (AvgIpc) is 3.20. The van der Waals surface area contributed by atoms with E-state index >= 15 is 0 Å². The van der Waals surface area contributed by atoms with Gasteiger partial charge < -0.3 is 10.4 Å². The quantitative estimate of drug-likeness (QED) is 0.844. The monoisotopic (exact) mass is 327 g/mol. The number of hydrogen-bond acceptors (Lipinski definition) is 2. The van der Waals surface area contributed by atoms with Crippen molar-refractivity contribution in [2.24, 2.45) is 29.6 Å². The topological polar surface area (TPSA) is 66.4 Å². The smallest absolute Gasteiger partial charge is 0.315 e. The van der Waals surface area contributed by atoms with E-state index in [0.29, 0.717) is 12.3 Å². The van der Waals surface area contributed by atoms with Crippen LogP contribution in [0.1, 0.15) is 38.2 Å². The number of rotatable bonds is 6. The standard InChI is InChI=1S/C20H25NO3/c1-2-20(19(23)24,13-6-4-3-5-7-13)11-21-18(22)17-9-12-8-15(17)16-10-14(12)16/h3-7,12,14-17H,2,8-11H2,1H3,(H,21,22)(H,23,24). The molecule has 0 spiro atoms. The fraction of sp³-hybridized carbons (Fsp3) is 0.600. The number of carboxylic acids is 1. The number of hydrogen-bond donors (Lipinski definition) is 2. The Hall–Kier alpha value is -1.84. The SMILES string of the molecule is CCC(CNC(=O)C1CC2CC1C1CC21)(C(=O)O)c1ccccc1. The number of aliphatic carboxylic acids is 1. The molecule has 3 aliphatic rings. The highest BCUT2D eigenvalue weighted by Crippen LogP contribution is 2.67. The van der Waals surface area contributed by atoms with E-state index in [4.69, 9.17) is 0 Å². The minimum atomic E-state index is -1.04. The van der Waals surface area contributed by atoms with Crippen molar-refractivity contribution in [3.63, 3.8) is 0 Å². The Bertz CT molecular complexity index is 658. The summed E-state index contributed by atoms with van der Waals surface area (Å²) < 4.78 is 0. The molecular formula is C20H25NO3. The molecule has 1 amide bonds. The van der Waals surface area contributed by atoms with Crippen LogP contribution in [-0.4, -0.2) is 23.5 Å². The van der Waals surface area contributed by atoms with E-state index in [9.17, 15) is 14.7 Å². The molecule has 0 radical (unpaired) electrons. The Morgan fingerprint density at radius 2 is 1.88 bits per heavy atom. The molecule has 0 aromatic heterocycles. The van der Waals surface area contributed by atoms with E-state index in [2.05, 4.69) is 5.32 Å². The van der Waals surface area contributed by atoms with Crippen molar-refractivity contribution in [2.45, 2.75) is 38.0 Å². The normalized spacial score (nSPS) is 35.1. The summed E-state index contributed by atoms with van der Waals surface area (Å²) in [6.07, 6.45) is 3.99. The van der Waals surface area contributed by atoms with Gasteiger partial charge in [0.1, 0.15) is 5.41 Å². The molecule has 1 aromatic rings. The Morgan fingerprint density at radius 3 is 2.46 bits per heavy atom. The molecule has 1 aromatic carbocycles. The van der Waals surface area contributed by atoms with Crippen LogP contribution < -0.4 is 5.32 Å². The molecule has 4 rings (SSSR count). The third-order valence-electron chi connectivity index (χ3n) is 6.94. The molecule has 0 heterocycles. The lowest BCUT2D eigenvalue weighted by Gasteiger charge is -2.30. The highest BCUT2D eigenvalue weighted by molar-refractivity contribution is 5.84. The number of carbonyl (C=O) groups is 2. The van der Waals surface area contributed by atoms with Crippen LogP contribution in [-0.2, 0) is 15.0 Å². The maximum Gasteiger partial charge on any atom is 0.315 e. The van der Waals surface area contributed by atoms with Gasteiger partial charge in [0.15, 0.2) is 0 Å². The molecular weight excluding hydrogens is 302 g/mol. The van der Waals surface area contributed by atoms with Crippen LogP contribution >= 0.6 is 0 Å². The van der Waals surface area contributed by atoms with Crippen molar-refractivity contribution in [1.29, 1.82) is 0 Å². The van der Waals surface area contributed by atoms with Crippen molar-refractivity contribution in [1.82, 2.24) is 5.32 Å². The molecule has 3 saturated carbocycles. The van der Waals surface area contributed by atoms with Gasteiger partial charge in [-0.05, 0) is 54.9 Å². The molecule has 4 heteroatoms. The van der Waals surface area contributed by atoms with Crippen LogP contribution in [0.5, 0.6) is 0 Å². The maximum atomic E-state index is 12.7. The molecule has 24 heavy (non-hydrogen) atoms. The summed E-state index contributed by atoms with van der Waals surface area (Å²) in [7, 11) is 0. The molecule has 4 nitrogen and oxygen atoms in total. The summed E-state index contributed by atoms with van der Waals surface area (Å²) in [6, 6.07) is 9.28. The van der Waals surface area contributed by atoms with E-state index in [1.807, 2.05) is 37.3 Å². The maximum absolute atomic E-state index is 12.7. The van der Waals surface area contributed by atoms with Crippen molar-refractivity contribution < 1.29 is 14.7 Å². The van der Waals surface area contributed by atoms with Gasteiger partial charge in [0.2, 0.25) is 5.91 Å².